The first-order chi connectivity index (χ1) is 13.3. The molecule has 0 aromatic heterocycles. The molecule has 1 amide bonds. The van der Waals surface area contributed by atoms with E-state index in [-0.39, 0.29) is 0 Å². The van der Waals surface area contributed by atoms with Crippen LogP contribution in [0.2, 0.25) is 0 Å². The monoisotopic (exact) mass is 375 g/mol. The standard InChI is InChI=1S/C21H37N5O/c1-22-21(23-11-10-18-6-3-2-4-7-18)24-12-13-25-14-16-26(17-15-25)20(27)19-8-5-9-19/h6,19H,2-5,7-17H2,1H3,(H2,22,23,24). The van der Waals surface area contributed by atoms with Gasteiger partial charge in [-0.25, -0.2) is 0 Å². The third kappa shape index (κ3) is 6.23. The summed E-state index contributed by atoms with van der Waals surface area (Å²) in [4.78, 5) is 21.2. The summed E-state index contributed by atoms with van der Waals surface area (Å²) >= 11 is 0. The molecule has 0 bridgehead atoms. The van der Waals surface area contributed by atoms with E-state index in [1.807, 2.05) is 7.05 Å². The predicted octanol–water partition coefficient (Wildman–Crippen LogP) is 1.99. The van der Waals surface area contributed by atoms with Crippen LogP contribution in [0, 0.1) is 5.92 Å². The van der Waals surface area contributed by atoms with Crippen molar-refractivity contribution in [3.05, 3.63) is 11.6 Å². The molecule has 27 heavy (non-hydrogen) atoms. The van der Waals surface area contributed by atoms with Gasteiger partial charge >= 0.3 is 0 Å². The van der Waals surface area contributed by atoms with Crippen LogP contribution in [0.15, 0.2) is 16.6 Å². The predicted molar refractivity (Wildman–Crippen MR) is 111 cm³/mol. The highest BCUT2D eigenvalue weighted by Gasteiger charge is 2.30. The van der Waals surface area contributed by atoms with Crippen molar-refractivity contribution in [3.8, 4) is 0 Å². The number of piperazine rings is 1. The number of nitrogens with one attached hydrogen (secondary N) is 2. The van der Waals surface area contributed by atoms with Crippen LogP contribution in [0.5, 0.6) is 0 Å². The summed E-state index contributed by atoms with van der Waals surface area (Å²) in [6.45, 7) is 6.58. The van der Waals surface area contributed by atoms with E-state index in [4.69, 9.17) is 0 Å². The Hall–Kier alpha value is -1.56. The molecule has 2 N–H and O–H groups in total. The number of hydrogen-bond acceptors (Lipinski definition) is 3. The van der Waals surface area contributed by atoms with Gasteiger partial charge in [0.15, 0.2) is 5.96 Å². The van der Waals surface area contributed by atoms with Gasteiger partial charge in [0.25, 0.3) is 0 Å². The minimum Gasteiger partial charge on any atom is -0.356 e. The molecule has 2 aliphatic carbocycles. The molecule has 0 aromatic rings. The minimum atomic E-state index is 0.331. The Morgan fingerprint density at radius 1 is 1.11 bits per heavy atom. The van der Waals surface area contributed by atoms with Gasteiger partial charge < -0.3 is 15.5 Å². The maximum atomic E-state index is 12.3. The molecular formula is C21H37N5O. The van der Waals surface area contributed by atoms with Crippen molar-refractivity contribution in [1.82, 2.24) is 20.4 Å². The summed E-state index contributed by atoms with van der Waals surface area (Å²) in [5, 5.41) is 6.85. The van der Waals surface area contributed by atoms with Crippen LogP contribution < -0.4 is 10.6 Å². The van der Waals surface area contributed by atoms with Gasteiger partial charge in [0.2, 0.25) is 5.91 Å². The van der Waals surface area contributed by atoms with Gasteiger partial charge in [-0.15, -0.1) is 0 Å². The van der Waals surface area contributed by atoms with Gasteiger partial charge in [0.05, 0.1) is 0 Å². The SMILES string of the molecule is CN=C(NCCC1=CCCCC1)NCCN1CCN(C(=O)C2CCC2)CC1. The lowest BCUT2D eigenvalue weighted by Gasteiger charge is -2.38. The molecule has 1 saturated carbocycles. The Morgan fingerprint density at radius 2 is 1.89 bits per heavy atom. The molecule has 1 heterocycles. The summed E-state index contributed by atoms with van der Waals surface area (Å²) in [6, 6.07) is 0. The van der Waals surface area contributed by atoms with E-state index >= 15 is 0 Å². The number of hydrogen-bond donors (Lipinski definition) is 2. The minimum absolute atomic E-state index is 0.331. The summed E-state index contributed by atoms with van der Waals surface area (Å²) in [5.41, 5.74) is 1.60. The Balaban J connectivity index is 1.26. The maximum absolute atomic E-state index is 12.3. The van der Waals surface area contributed by atoms with Crippen molar-refractivity contribution in [3.63, 3.8) is 0 Å². The lowest BCUT2D eigenvalue weighted by Crippen LogP contribution is -2.52. The van der Waals surface area contributed by atoms with Crippen molar-refractivity contribution >= 4 is 11.9 Å². The van der Waals surface area contributed by atoms with E-state index in [0.29, 0.717) is 11.8 Å². The largest absolute Gasteiger partial charge is 0.356 e. The van der Waals surface area contributed by atoms with Gasteiger partial charge in [-0.1, -0.05) is 18.1 Å². The molecule has 3 aliphatic rings. The van der Waals surface area contributed by atoms with Crippen LogP contribution in [-0.4, -0.2) is 74.5 Å². The quantitative estimate of drug-likeness (QED) is 0.406. The van der Waals surface area contributed by atoms with Crippen LogP contribution in [0.4, 0.5) is 0 Å². The Kier molecular flexibility index (Phi) is 7.99. The van der Waals surface area contributed by atoms with E-state index in [1.165, 1.54) is 32.1 Å². The average molecular weight is 376 g/mol. The molecule has 152 valence electrons. The molecule has 0 spiro atoms. The van der Waals surface area contributed by atoms with Gasteiger partial charge in [-0.3, -0.25) is 14.7 Å². The van der Waals surface area contributed by atoms with E-state index in [1.54, 1.807) is 5.57 Å². The summed E-state index contributed by atoms with van der Waals surface area (Å²) < 4.78 is 0. The van der Waals surface area contributed by atoms with Crippen molar-refractivity contribution in [2.45, 2.75) is 51.4 Å². The van der Waals surface area contributed by atoms with Gasteiger partial charge in [0, 0.05) is 58.8 Å². The van der Waals surface area contributed by atoms with E-state index in [9.17, 15) is 4.79 Å². The second-order valence-electron chi connectivity index (χ2n) is 8.08. The van der Waals surface area contributed by atoms with Crippen LogP contribution in [-0.2, 0) is 4.79 Å². The van der Waals surface area contributed by atoms with E-state index < -0.39 is 0 Å². The molecule has 0 atom stereocenters. The van der Waals surface area contributed by atoms with E-state index in [0.717, 1.165) is 71.0 Å². The molecular weight excluding hydrogens is 338 g/mol. The molecule has 3 rings (SSSR count). The van der Waals surface area contributed by atoms with Crippen LogP contribution >= 0.6 is 0 Å². The average Bonchev–Trinajstić information content (AvgIpc) is 2.66. The molecule has 0 radical (unpaired) electrons. The summed E-state index contributed by atoms with van der Waals surface area (Å²) in [7, 11) is 1.83. The second-order valence-corrected chi connectivity index (χ2v) is 8.08. The Morgan fingerprint density at radius 3 is 2.52 bits per heavy atom. The van der Waals surface area contributed by atoms with Gasteiger partial charge in [-0.2, -0.15) is 0 Å². The molecule has 0 aromatic carbocycles. The number of nitrogens with zero attached hydrogens (tertiary/aromatic N) is 3. The lowest BCUT2D eigenvalue weighted by molar-refractivity contribution is -0.139. The van der Waals surface area contributed by atoms with Gasteiger partial charge in [0.1, 0.15) is 0 Å². The summed E-state index contributed by atoms with van der Waals surface area (Å²) in [5.74, 6) is 1.62. The zero-order valence-electron chi connectivity index (χ0n) is 17.0. The first kappa shape index (κ1) is 20.2. The number of aliphatic imine (C=N–C) groups is 1. The van der Waals surface area contributed by atoms with Crippen molar-refractivity contribution in [2.24, 2.45) is 10.9 Å². The zero-order valence-corrected chi connectivity index (χ0v) is 17.0. The summed E-state index contributed by atoms with van der Waals surface area (Å²) in [6.07, 6.45) is 12.2. The number of carbonyl (C=O) groups is 1. The number of carbonyl (C=O) groups excluding carboxylic acids is 1. The van der Waals surface area contributed by atoms with Crippen LogP contribution in [0.25, 0.3) is 0 Å². The number of rotatable bonds is 7. The van der Waals surface area contributed by atoms with E-state index in [2.05, 4.69) is 31.5 Å². The first-order valence-corrected chi connectivity index (χ1v) is 10.9. The molecule has 6 nitrogen and oxygen atoms in total. The molecule has 6 heteroatoms. The van der Waals surface area contributed by atoms with Gasteiger partial charge in [-0.05, 0) is 44.9 Å². The fourth-order valence-electron chi connectivity index (χ4n) is 4.13. The molecule has 0 unspecified atom stereocenters. The first-order valence-electron chi connectivity index (χ1n) is 10.9. The normalized spacial score (nSPS) is 22.2. The fourth-order valence-corrected chi connectivity index (χ4v) is 4.13. The highest BCUT2D eigenvalue weighted by molar-refractivity contribution is 5.80. The van der Waals surface area contributed by atoms with Crippen LogP contribution in [0.3, 0.4) is 0 Å². The third-order valence-electron chi connectivity index (χ3n) is 6.21. The number of amides is 1. The second kappa shape index (κ2) is 10.7. The third-order valence-corrected chi connectivity index (χ3v) is 6.21. The van der Waals surface area contributed by atoms with Crippen molar-refractivity contribution in [2.75, 3.05) is 52.9 Å². The highest BCUT2D eigenvalue weighted by Crippen LogP contribution is 2.28. The number of guanidine groups is 1. The Labute approximate surface area is 164 Å². The zero-order chi connectivity index (χ0) is 18.9. The fraction of sp³-hybridized carbons (Fsp3) is 0.810. The molecule has 2 fully saturated rings. The van der Waals surface area contributed by atoms with Crippen LogP contribution in [0.1, 0.15) is 51.4 Å². The maximum Gasteiger partial charge on any atom is 0.225 e. The molecule has 1 saturated heterocycles. The Bertz CT molecular complexity index is 533. The van der Waals surface area contributed by atoms with Crippen molar-refractivity contribution in [1.29, 1.82) is 0 Å². The number of allylic oxidation sites excluding steroid dienone is 1. The highest BCUT2D eigenvalue weighted by atomic mass is 16.2. The lowest BCUT2D eigenvalue weighted by atomic mass is 9.84. The van der Waals surface area contributed by atoms with Crippen molar-refractivity contribution < 1.29 is 4.79 Å². The topological polar surface area (TPSA) is 60.0 Å². The molecule has 1 aliphatic heterocycles. The smallest absolute Gasteiger partial charge is 0.225 e.